The van der Waals surface area contributed by atoms with Gasteiger partial charge < -0.3 is 9.73 Å². The first-order valence-electron chi connectivity index (χ1n) is 5.74. The second kappa shape index (κ2) is 5.74. The highest BCUT2D eigenvalue weighted by atomic mass is 35.5. The minimum absolute atomic E-state index is 0.0497. The van der Waals surface area contributed by atoms with Crippen LogP contribution in [-0.4, -0.2) is 5.91 Å². The maximum Gasteiger partial charge on any atom is 0.224 e. The molecule has 1 amide bonds. The normalized spacial score (nSPS) is 10.3. The molecule has 0 unspecified atom stereocenters. The fourth-order valence-electron chi connectivity index (χ4n) is 1.65. The van der Waals surface area contributed by atoms with Gasteiger partial charge in [0.25, 0.3) is 0 Å². The summed E-state index contributed by atoms with van der Waals surface area (Å²) in [5.41, 5.74) is 0.711. The Bertz CT molecular complexity index is 548. The number of hydrogen-bond donors (Lipinski definition) is 1. The van der Waals surface area contributed by atoms with Crippen molar-refractivity contribution in [2.45, 2.75) is 19.8 Å². The molecule has 1 heterocycles. The standard InChI is InChI=1S/C14H14ClNO2/c1-10-5-6-13(18-10)7-8-14(17)16-12-4-2-3-11(15)9-12/h2-6,9H,7-8H2,1H3,(H,16,17). The second-order valence-corrected chi connectivity index (χ2v) is 4.51. The Balaban J connectivity index is 1.85. The zero-order valence-electron chi connectivity index (χ0n) is 10.1. The van der Waals surface area contributed by atoms with Crippen LogP contribution in [0.1, 0.15) is 17.9 Å². The summed E-state index contributed by atoms with van der Waals surface area (Å²) < 4.78 is 5.40. The van der Waals surface area contributed by atoms with Crippen molar-refractivity contribution in [1.82, 2.24) is 0 Å². The van der Waals surface area contributed by atoms with E-state index >= 15 is 0 Å². The zero-order chi connectivity index (χ0) is 13.0. The Hall–Kier alpha value is -1.74. The van der Waals surface area contributed by atoms with E-state index < -0.39 is 0 Å². The van der Waals surface area contributed by atoms with Crippen LogP contribution in [0.15, 0.2) is 40.8 Å². The number of carbonyl (C=O) groups excluding carboxylic acids is 1. The van der Waals surface area contributed by atoms with Crippen LogP contribution in [0.3, 0.4) is 0 Å². The van der Waals surface area contributed by atoms with E-state index in [1.807, 2.05) is 19.1 Å². The van der Waals surface area contributed by atoms with Crippen molar-refractivity contribution in [2.75, 3.05) is 5.32 Å². The van der Waals surface area contributed by atoms with Crippen LogP contribution >= 0.6 is 11.6 Å². The Kier molecular flexibility index (Phi) is 4.05. The third-order valence-corrected chi connectivity index (χ3v) is 2.74. The molecule has 0 saturated carbocycles. The predicted octanol–water partition coefficient (Wildman–Crippen LogP) is 3.81. The molecule has 0 aliphatic heterocycles. The summed E-state index contributed by atoms with van der Waals surface area (Å²) in [7, 11) is 0. The van der Waals surface area contributed by atoms with Gasteiger partial charge in [-0.05, 0) is 37.3 Å². The number of furan rings is 1. The topological polar surface area (TPSA) is 42.2 Å². The molecule has 1 aromatic carbocycles. The van der Waals surface area contributed by atoms with Gasteiger partial charge in [-0.1, -0.05) is 17.7 Å². The van der Waals surface area contributed by atoms with Gasteiger partial charge in [0.2, 0.25) is 5.91 Å². The third kappa shape index (κ3) is 3.64. The fraction of sp³-hybridized carbons (Fsp3) is 0.214. The molecule has 0 fully saturated rings. The monoisotopic (exact) mass is 263 g/mol. The number of halogens is 1. The Labute approximate surface area is 111 Å². The van der Waals surface area contributed by atoms with Crippen molar-refractivity contribution in [3.8, 4) is 0 Å². The smallest absolute Gasteiger partial charge is 0.224 e. The van der Waals surface area contributed by atoms with Gasteiger partial charge >= 0.3 is 0 Å². The van der Waals surface area contributed by atoms with Crippen LogP contribution < -0.4 is 5.32 Å². The number of hydrogen-bond acceptors (Lipinski definition) is 2. The van der Waals surface area contributed by atoms with Crippen molar-refractivity contribution < 1.29 is 9.21 Å². The van der Waals surface area contributed by atoms with E-state index in [0.29, 0.717) is 23.6 Å². The van der Waals surface area contributed by atoms with Gasteiger partial charge in [0.15, 0.2) is 0 Å². The highest BCUT2D eigenvalue weighted by molar-refractivity contribution is 6.30. The Morgan fingerprint density at radius 1 is 1.33 bits per heavy atom. The lowest BCUT2D eigenvalue weighted by Gasteiger charge is -2.04. The van der Waals surface area contributed by atoms with Gasteiger partial charge in [-0.15, -0.1) is 0 Å². The highest BCUT2D eigenvalue weighted by Gasteiger charge is 2.05. The number of anilines is 1. The zero-order valence-corrected chi connectivity index (χ0v) is 10.8. The van der Waals surface area contributed by atoms with Crippen LogP contribution in [0.4, 0.5) is 5.69 Å². The summed E-state index contributed by atoms with van der Waals surface area (Å²) in [4.78, 5) is 11.7. The number of nitrogens with one attached hydrogen (secondary N) is 1. The number of amides is 1. The van der Waals surface area contributed by atoms with Gasteiger partial charge in [-0.2, -0.15) is 0 Å². The quantitative estimate of drug-likeness (QED) is 0.911. The van der Waals surface area contributed by atoms with Crippen LogP contribution in [0.25, 0.3) is 0 Å². The molecule has 0 aliphatic carbocycles. The first kappa shape index (κ1) is 12.7. The lowest BCUT2D eigenvalue weighted by Crippen LogP contribution is -2.12. The van der Waals surface area contributed by atoms with Crippen LogP contribution in [0.2, 0.25) is 5.02 Å². The van der Waals surface area contributed by atoms with E-state index in [1.54, 1.807) is 24.3 Å². The van der Waals surface area contributed by atoms with Crippen molar-refractivity contribution in [2.24, 2.45) is 0 Å². The minimum Gasteiger partial charge on any atom is -0.466 e. The molecular formula is C14H14ClNO2. The van der Waals surface area contributed by atoms with Crippen molar-refractivity contribution >= 4 is 23.2 Å². The molecule has 0 bridgehead atoms. The van der Waals surface area contributed by atoms with Gasteiger partial charge in [-0.3, -0.25) is 4.79 Å². The number of benzene rings is 1. The molecule has 94 valence electrons. The van der Waals surface area contributed by atoms with Crippen LogP contribution in [0.5, 0.6) is 0 Å². The summed E-state index contributed by atoms with van der Waals surface area (Å²) in [5.74, 6) is 1.64. The maximum absolute atomic E-state index is 11.7. The van der Waals surface area contributed by atoms with Gasteiger partial charge in [-0.25, -0.2) is 0 Å². The van der Waals surface area contributed by atoms with Gasteiger partial charge in [0, 0.05) is 23.6 Å². The fourth-order valence-corrected chi connectivity index (χ4v) is 1.84. The van der Waals surface area contributed by atoms with E-state index in [2.05, 4.69) is 5.32 Å². The lowest BCUT2D eigenvalue weighted by molar-refractivity contribution is -0.116. The Morgan fingerprint density at radius 2 is 2.17 bits per heavy atom. The molecule has 2 aromatic rings. The van der Waals surface area contributed by atoms with E-state index in [-0.39, 0.29) is 5.91 Å². The molecule has 1 N–H and O–H groups in total. The maximum atomic E-state index is 11.7. The molecule has 1 aromatic heterocycles. The molecule has 0 atom stereocenters. The van der Waals surface area contributed by atoms with E-state index in [9.17, 15) is 4.79 Å². The largest absolute Gasteiger partial charge is 0.466 e. The average molecular weight is 264 g/mol. The molecule has 3 nitrogen and oxygen atoms in total. The summed E-state index contributed by atoms with van der Waals surface area (Å²) in [6.45, 7) is 1.88. The SMILES string of the molecule is Cc1ccc(CCC(=O)Nc2cccc(Cl)c2)o1. The van der Waals surface area contributed by atoms with E-state index in [1.165, 1.54) is 0 Å². The van der Waals surface area contributed by atoms with Crippen molar-refractivity contribution in [3.05, 3.63) is 52.9 Å². The molecule has 0 aliphatic rings. The molecule has 0 radical (unpaired) electrons. The Morgan fingerprint density at radius 3 is 2.83 bits per heavy atom. The number of carbonyl (C=O) groups is 1. The summed E-state index contributed by atoms with van der Waals surface area (Å²) >= 11 is 5.84. The molecule has 2 rings (SSSR count). The van der Waals surface area contributed by atoms with Crippen molar-refractivity contribution in [3.63, 3.8) is 0 Å². The van der Waals surface area contributed by atoms with Gasteiger partial charge in [0.1, 0.15) is 11.5 Å². The first-order valence-corrected chi connectivity index (χ1v) is 6.12. The van der Waals surface area contributed by atoms with Crippen LogP contribution in [0, 0.1) is 6.92 Å². The van der Waals surface area contributed by atoms with Gasteiger partial charge in [0.05, 0.1) is 0 Å². The third-order valence-electron chi connectivity index (χ3n) is 2.50. The van der Waals surface area contributed by atoms with E-state index in [4.69, 9.17) is 16.0 Å². The summed E-state index contributed by atoms with van der Waals surface area (Å²) in [5, 5.41) is 3.40. The second-order valence-electron chi connectivity index (χ2n) is 4.07. The number of rotatable bonds is 4. The molecule has 4 heteroatoms. The minimum atomic E-state index is -0.0497. The van der Waals surface area contributed by atoms with Crippen molar-refractivity contribution in [1.29, 1.82) is 0 Å². The average Bonchev–Trinajstić information content (AvgIpc) is 2.73. The lowest BCUT2D eigenvalue weighted by atomic mass is 10.2. The summed E-state index contributed by atoms with van der Waals surface area (Å²) in [6.07, 6.45) is 0.986. The van der Waals surface area contributed by atoms with E-state index in [0.717, 1.165) is 11.5 Å². The highest BCUT2D eigenvalue weighted by Crippen LogP contribution is 2.15. The first-order chi connectivity index (χ1) is 8.63. The predicted molar refractivity (Wildman–Crippen MR) is 71.8 cm³/mol. The molecule has 18 heavy (non-hydrogen) atoms. The molecular weight excluding hydrogens is 250 g/mol. The molecule has 0 saturated heterocycles. The van der Waals surface area contributed by atoms with Crippen LogP contribution in [-0.2, 0) is 11.2 Å². The number of aryl methyl sites for hydroxylation is 2. The molecule has 0 spiro atoms. The summed E-state index contributed by atoms with van der Waals surface area (Å²) in [6, 6.07) is 10.9.